The Balaban J connectivity index is 1.45. The van der Waals surface area contributed by atoms with Gasteiger partial charge in [0.15, 0.2) is 0 Å². The highest BCUT2D eigenvalue weighted by Gasteiger charge is 2.10. The molecule has 3 rings (SSSR count). The summed E-state index contributed by atoms with van der Waals surface area (Å²) in [6, 6.07) is 13.9. The van der Waals surface area contributed by atoms with Crippen LogP contribution in [-0.4, -0.2) is 27.6 Å². The van der Waals surface area contributed by atoms with Crippen molar-refractivity contribution in [2.24, 2.45) is 0 Å². The summed E-state index contributed by atoms with van der Waals surface area (Å²) in [5, 5.41) is 9.98. The average Bonchev–Trinajstić information content (AvgIpc) is 3.13. The summed E-state index contributed by atoms with van der Waals surface area (Å²) < 4.78 is 0. The average molecular weight is 334 g/mol. The second-order valence-corrected chi connectivity index (χ2v) is 6.10. The number of amides is 1. The zero-order valence-electron chi connectivity index (χ0n) is 14.3. The van der Waals surface area contributed by atoms with Crippen LogP contribution in [0.15, 0.2) is 54.9 Å². The number of unbranched alkanes of at least 4 members (excludes halogenated alkanes) is 1. The van der Waals surface area contributed by atoms with Crippen LogP contribution in [-0.2, 0) is 6.42 Å². The van der Waals surface area contributed by atoms with E-state index < -0.39 is 0 Å². The summed E-state index contributed by atoms with van der Waals surface area (Å²) in [7, 11) is 0. The number of hydrogen-bond acceptors (Lipinski definition) is 3. The van der Waals surface area contributed by atoms with E-state index in [9.17, 15) is 4.79 Å². The highest BCUT2D eigenvalue weighted by atomic mass is 16.1. The molecule has 0 saturated carbocycles. The van der Waals surface area contributed by atoms with Crippen LogP contribution in [0.2, 0.25) is 0 Å². The van der Waals surface area contributed by atoms with E-state index in [0.717, 1.165) is 30.5 Å². The predicted molar refractivity (Wildman–Crippen MR) is 98.3 cm³/mol. The highest BCUT2D eigenvalue weighted by molar-refractivity contribution is 5.93. The van der Waals surface area contributed by atoms with Gasteiger partial charge in [-0.15, -0.1) is 0 Å². The van der Waals surface area contributed by atoms with E-state index in [0.29, 0.717) is 12.2 Å². The van der Waals surface area contributed by atoms with Gasteiger partial charge in [0.2, 0.25) is 0 Å². The number of nitrogens with one attached hydrogen (secondary N) is 2. The molecule has 128 valence electrons. The molecule has 25 heavy (non-hydrogen) atoms. The Morgan fingerprint density at radius 2 is 1.84 bits per heavy atom. The number of rotatable bonds is 7. The van der Waals surface area contributed by atoms with Crippen molar-refractivity contribution in [1.82, 2.24) is 20.5 Å². The van der Waals surface area contributed by atoms with Crippen LogP contribution < -0.4 is 5.32 Å². The Bertz CT molecular complexity index is 809. The maximum atomic E-state index is 12.2. The molecule has 0 unspecified atom stereocenters. The quantitative estimate of drug-likeness (QED) is 0.649. The summed E-state index contributed by atoms with van der Waals surface area (Å²) in [4.78, 5) is 16.2. The van der Waals surface area contributed by atoms with Crippen LogP contribution in [0.4, 0.5) is 0 Å². The fourth-order valence-corrected chi connectivity index (χ4v) is 2.61. The van der Waals surface area contributed by atoms with Crippen molar-refractivity contribution < 1.29 is 4.79 Å². The van der Waals surface area contributed by atoms with E-state index >= 15 is 0 Å². The molecule has 2 heterocycles. The maximum Gasteiger partial charge on any atom is 0.269 e. The monoisotopic (exact) mass is 334 g/mol. The van der Waals surface area contributed by atoms with Gasteiger partial charge in [-0.3, -0.25) is 14.9 Å². The summed E-state index contributed by atoms with van der Waals surface area (Å²) in [5.41, 5.74) is 4.74. The van der Waals surface area contributed by atoms with Gasteiger partial charge in [0.05, 0.1) is 5.69 Å². The van der Waals surface area contributed by atoms with Crippen molar-refractivity contribution in [2.45, 2.75) is 26.2 Å². The maximum absolute atomic E-state index is 12.2. The van der Waals surface area contributed by atoms with E-state index in [2.05, 4.69) is 20.5 Å². The number of benzene rings is 1. The van der Waals surface area contributed by atoms with E-state index in [1.807, 2.05) is 43.3 Å². The Hall–Kier alpha value is -2.95. The summed E-state index contributed by atoms with van der Waals surface area (Å²) >= 11 is 0. The molecule has 0 aliphatic carbocycles. The summed E-state index contributed by atoms with van der Waals surface area (Å²) in [6.45, 7) is 2.70. The van der Waals surface area contributed by atoms with Crippen LogP contribution in [0, 0.1) is 6.92 Å². The van der Waals surface area contributed by atoms with E-state index in [1.54, 1.807) is 18.5 Å². The van der Waals surface area contributed by atoms with Crippen LogP contribution in [0.25, 0.3) is 11.3 Å². The third-order valence-electron chi connectivity index (χ3n) is 4.10. The van der Waals surface area contributed by atoms with Crippen LogP contribution in [0.1, 0.15) is 34.5 Å². The number of hydrogen-bond donors (Lipinski definition) is 2. The molecule has 2 aromatic heterocycles. The van der Waals surface area contributed by atoms with Gasteiger partial charge in [-0.2, -0.15) is 5.10 Å². The van der Waals surface area contributed by atoms with Crippen molar-refractivity contribution in [3.8, 4) is 11.3 Å². The van der Waals surface area contributed by atoms with E-state index in [4.69, 9.17) is 0 Å². The smallest absolute Gasteiger partial charge is 0.269 e. The zero-order valence-corrected chi connectivity index (χ0v) is 14.3. The molecule has 1 aromatic carbocycles. The van der Waals surface area contributed by atoms with Crippen molar-refractivity contribution in [2.75, 3.05) is 6.54 Å². The number of aromatic nitrogens is 3. The molecule has 0 spiro atoms. The molecule has 1 amide bonds. The molecule has 0 aliphatic rings. The van der Waals surface area contributed by atoms with Gasteiger partial charge < -0.3 is 5.32 Å². The minimum Gasteiger partial charge on any atom is -0.351 e. The van der Waals surface area contributed by atoms with Gasteiger partial charge in [0.25, 0.3) is 5.91 Å². The lowest BCUT2D eigenvalue weighted by molar-refractivity contribution is 0.0948. The van der Waals surface area contributed by atoms with Crippen LogP contribution in [0.5, 0.6) is 0 Å². The second-order valence-electron chi connectivity index (χ2n) is 6.10. The van der Waals surface area contributed by atoms with Gasteiger partial charge in [0, 0.05) is 24.5 Å². The SMILES string of the molecule is Cc1ccc(-c2cc(C(=O)NCCCCc3ccncc3)[nH]n2)cc1. The number of carbonyl (C=O) groups excluding carboxylic acids is 1. The molecule has 0 aliphatic heterocycles. The van der Waals surface area contributed by atoms with Gasteiger partial charge in [-0.25, -0.2) is 0 Å². The Kier molecular flexibility index (Phi) is 5.57. The minimum absolute atomic E-state index is 0.116. The Labute approximate surface area is 147 Å². The number of nitrogens with zero attached hydrogens (tertiary/aromatic N) is 2. The molecule has 0 saturated heterocycles. The second kappa shape index (κ2) is 8.24. The summed E-state index contributed by atoms with van der Waals surface area (Å²) in [5.74, 6) is -0.116. The lowest BCUT2D eigenvalue weighted by atomic mass is 10.1. The third-order valence-corrected chi connectivity index (χ3v) is 4.10. The number of aromatic amines is 1. The first kappa shape index (κ1) is 16.9. The lowest BCUT2D eigenvalue weighted by Crippen LogP contribution is -2.24. The van der Waals surface area contributed by atoms with Crippen molar-refractivity contribution in [3.05, 3.63) is 71.7 Å². The lowest BCUT2D eigenvalue weighted by Gasteiger charge is -2.03. The van der Waals surface area contributed by atoms with Crippen LogP contribution >= 0.6 is 0 Å². The minimum atomic E-state index is -0.116. The molecular weight excluding hydrogens is 312 g/mol. The number of H-pyrrole nitrogens is 1. The van der Waals surface area contributed by atoms with E-state index in [-0.39, 0.29) is 5.91 Å². The molecule has 2 N–H and O–H groups in total. The number of aryl methyl sites for hydroxylation is 2. The van der Waals surface area contributed by atoms with Crippen molar-refractivity contribution in [1.29, 1.82) is 0 Å². The number of pyridine rings is 1. The molecule has 0 bridgehead atoms. The van der Waals surface area contributed by atoms with Gasteiger partial charge in [0.1, 0.15) is 5.69 Å². The van der Waals surface area contributed by atoms with E-state index in [1.165, 1.54) is 11.1 Å². The van der Waals surface area contributed by atoms with Gasteiger partial charge in [-0.05, 0) is 49.9 Å². The van der Waals surface area contributed by atoms with Crippen molar-refractivity contribution in [3.63, 3.8) is 0 Å². The van der Waals surface area contributed by atoms with Gasteiger partial charge in [-0.1, -0.05) is 29.8 Å². The largest absolute Gasteiger partial charge is 0.351 e. The Morgan fingerprint density at radius 1 is 1.08 bits per heavy atom. The fraction of sp³-hybridized carbons (Fsp3) is 0.250. The highest BCUT2D eigenvalue weighted by Crippen LogP contribution is 2.18. The molecule has 0 radical (unpaired) electrons. The number of carbonyl (C=O) groups is 1. The topological polar surface area (TPSA) is 70.7 Å². The Morgan fingerprint density at radius 3 is 2.60 bits per heavy atom. The zero-order chi connectivity index (χ0) is 17.5. The first-order chi connectivity index (χ1) is 12.2. The van der Waals surface area contributed by atoms with Crippen LogP contribution in [0.3, 0.4) is 0 Å². The molecule has 0 atom stereocenters. The first-order valence-corrected chi connectivity index (χ1v) is 8.52. The van der Waals surface area contributed by atoms with Crippen molar-refractivity contribution >= 4 is 5.91 Å². The van der Waals surface area contributed by atoms with Gasteiger partial charge >= 0.3 is 0 Å². The first-order valence-electron chi connectivity index (χ1n) is 8.52. The predicted octanol–water partition coefficient (Wildman–Crippen LogP) is 3.53. The fourth-order valence-electron chi connectivity index (χ4n) is 2.61. The molecule has 5 heteroatoms. The summed E-state index contributed by atoms with van der Waals surface area (Å²) in [6.07, 6.45) is 6.58. The molecule has 3 aromatic rings. The molecule has 0 fully saturated rings. The standard InChI is InChI=1S/C20H22N4O/c1-15-5-7-17(8-6-15)18-14-19(24-23-18)20(25)22-11-3-2-4-16-9-12-21-13-10-16/h5-10,12-14H,2-4,11H2,1H3,(H,22,25)(H,23,24). The normalized spacial score (nSPS) is 10.6. The molecule has 5 nitrogen and oxygen atoms in total. The molecular formula is C20H22N4O. The third kappa shape index (κ3) is 4.76.